The van der Waals surface area contributed by atoms with Gasteiger partial charge in [0.2, 0.25) is 0 Å². The van der Waals surface area contributed by atoms with Crippen molar-refractivity contribution in [3.8, 4) is 10.9 Å². The van der Waals surface area contributed by atoms with Crippen LogP contribution in [0.25, 0.3) is 10.2 Å². The molecule has 0 aliphatic carbocycles. The summed E-state index contributed by atoms with van der Waals surface area (Å²) in [5, 5.41) is 0.641. The average Bonchev–Trinajstić information content (AvgIpc) is 2.80. The topological polar surface area (TPSA) is 48.1 Å². The van der Waals surface area contributed by atoms with Crippen LogP contribution in [0.15, 0.2) is 47.4 Å². The fourth-order valence-electron chi connectivity index (χ4n) is 1.76. The van der Waals surface area contributed by atoms with Gasteiger partial charge >= 0.3 is 0 Å². The molecular weight excluding hydrogens is 276 g/mol. The molecule has 0 radical (unpaired) electrons. The Bertz CT molecular complexity index is 724. The van der Waals surface area contributed by atoms with Crippen LogP contribution in [0.3, 0.4) is 0 Å². The maximum absolute atomic E-state index is 5.87. The van der Waals surface area contributed by atoms with Crippen LogP contribution in [-0.4, -0.2) is 11.2 Å². The molecule has 19 heavy (non-hydrogen) atoms. The van der Waals surface area contributed by atoms with E-state index in [-0.39, 0.29) is 0 Å². The van der Waals surface area contributed by atoms with Crippen molar-refractivity contribution in [2.45, 2.75) is 4.90 Å². The quantitative estimate of drug-likeness (QED) is 0.573. The van der Waals surface area contributed by atoms with Crippen LogP contribution in [0, 0.1) is 0 Å². The molecule has 0 bridgehead atoms. The summed E-state index contributed by atoms with van der Waals surface area (Å²) >= 11 is 3.16. The molecule has 0 atom stereocenters. The minimum atomic E-state index is 0.641. The highest BCUT2D eigenvalue weighted by Crippen LogP contribution is 2.35. The molecule has 2 N–H and O–H groups in total. The number of fused-ring (bicyclic) bond motifs is 1. The van der Waals surface area contributed by atoms with E-state index in [1.54, 1.807) is 11.8 Å². The number of ether oxygens (including phenoxy) is 1. The van der Waals surface area contributed by atoms with Gasteiger partial charge in [0.25, 0.3) is 5.19 Å². The van der Waals surface area contributed by atoms with E-state index in [1.807, 2.05) is 48.7 Å². The Kier molecular flexibility index (Phi) is 3.31. The smallest absolute Gasteiger partial charge is 0.279 e. The zero-order valence-electron chi connectivity index (χ0n) is 10.3. The van der Waals surface area contributed by atoms with Gasteiger partial charge in [-0.05, 0) is 36.6 Å². The molecule has 0 fully saturated rings. The minimum absolute atomic E-state index is 0.641. The van der Waals surface area contributed by atoms with Crippen molar-refractivity contribution in [3.05, 3.63) is 42.5 Å². The molecule has 0 saturated heterocycles. The van der Waals surface area contributed by atoms with Crippen molar-refractivity contribution in [2.75, 3.05) is 12.0 Å². The molecule has 0 aliphatic heterocycles. The Hall–Kier alpha value is -1.72. The number of thioether (sulfide) groups is 1. The number of hydrogen-bond acceptors (Lipinski definition) is 5. The fraction of sp³-hybridized carbons (Fsp3) is 0.0714. The third-order valence-electron chi connectivity index (χ3n) is 2.66. The fourth-order valence-corrected chi connectivity index (χ4v) is 3.16. The molecule has 3 rings (SSSR count). The van der Waals surface area contributed by atoms with Gasteiger partial charge in [0.05, 0.1) is 10.2 Å². The Morgan fingerprint density at radius 3 is 2.89 bits per heavy atom. The van der Waals surface area contributed by atoms with E-state index >= 15 is 0 Å². The zero-order valence-corrected chi connectivity index (χ0v) is 11.9. The Balaban J connectivity index is 1.96. The van der Waals surface area contributed by atoms with Gasteiger partial charge in [0.1, 0.15) is 5.75 Å². The Morgan fingerprint density at radius 1 is 1.21 bits per heavy atom. The van der Waals surface area contributed by atoms with Crippen LogP contribution in [0.1, 0.15) is 0 Å². The molecular formula is C14H12N2OS2. The summed E-state index contributed by atoms with van der Waals surface area (Å²) in [6, 6.07) is 13.6. The molecule has 1 heterocycles. The van der Waals surface area contributed by atoms with Crippen molar-refractivity contribution < 1.29 is 4.74 Å². The lowest BCUT2D eigenvalue weighted by molar-refractivity contribution is 0.469. The number of benzene rings is 2. The predicted octanol–water partition coefficient (Wildman–Crippen LogP) is 4.39. The zero-order chi connectivity index (χ0) is 13.2. The number of para-hydroxylation sites is 1. The van der Waals surface area contributed by atoms with Crippen molar-refractivity contribution in [1.29, 1.82) is 0 Å². The second kappa shape index (κ2) is 5.11. The highest BCUT2D eigenvalue weighted by atomic mass is 32.2. The van der Waals surface area contributed by atoms with Gasteiger partial charge in [-0.1, -0.05) is 23.5 Å². The van der Waals surface area contributed by atoms with Crippen LogP contribution in [0.4, 0.5) is 5.69 Å². The lowest BCUT2D eigenvalue weighted by Crippen LogP contribution is -1.85. The molecule has 0 spiro atoms. The van der Waals surface area contributed by atoms with E-state index in [9.17, 15) is 0 Å². The third-order valence-corrected chi connectivity index (χ3v) is 4.33. The minimum Gasteiger partial charge on any atom is -0.430 e. The van der Waals surface area contributed by atoms with Crippen LogP contribution in [0.5, 0.6) is 10.9 Å². The van der Waals surface area contributed by atoms with Crippen LogP contribution < -0.4 is 10.5 Å². The molecule has 3 aromatic rings. The molecule has 3 nitrogen and oxygen atoms in total. The normalized spacial score (nSPS) is 10.8. The summed E-state index contributed by atoms with van der Waals surface area (Å²) in [6.45, 7) is 0. The number of anilines is 1. The number of nitrogens with zero attached hydrogens (tertiary/aromatic N) is 1. The van der Waals surface area contributed by atoms with Crippen molar-refractivity contribution in [3.63, 3.8) is 0 Å². The molecule has 2 aromatic carbocycles. The van der Waals surface area contributed by atoms with Crippen molar-refractivity contribution >= 4 is 39.0 Å². The van der Waals surface area contributed by atoms with Crippen LogP contribution in [-0.2, 0) is 0 Å². The summed E-state index contributed by atoms with van der Waals surface area (Å²) in [6.07, 6.45) is 2.03. The van der Waals surface area contributed by atoms with E-state index < -0.39 is 0 Å². The first-order valence-electron chi connectivity index (χ1n) is 5.73. The van der Waals surface area contributed by atoms with E-state index in [0.717, 1.165) is 26.5 Å². The second-order valence-corrected chi connectivity index (χ2v) is 5.80. The first kappa shape index (κ1) is 12.3. The summed E-state index contributed by atoms with van der Waals surface area (Å²) < 4.78 is 6.91. The highest BCUT2D eigenvalue weighted by molar-refractivity contribution is 7.98. The maximum Gasteiger partial charge on any atom is 0.279 e. The van der Waals surface area contributed by atoms with Crippen molar-refractivity contribution in [2.24, 2.45) is 0 Å². The van der Waals surface area contributed by atoms with Crippen LogP contribution in [0.2, 0.25) is 0 Å². The summed E-state index contributed by atoms with van der Waals surface area (Å²) in [5.41, 5.74) is 7.42. The summed E-state index contributed by atoms with van der Waals surface area (Å²) in [7, 11) is 0. The third kappa shape index (κ3) is 2.52. The molecule has 1 aromatic heterocycles. The number of rotatable bonds is 3. The lowest BCUT2D eigenvalue weighted by Gasteiger charge is -2.05. The molecule has 0 unspecified atom stereocenters. The van der Waals surface area contributed by atoms with E-state index in [4.69, 9.17) is 10.5 Å². The number of thiazole rings is 1. The molecule has 0 saturated carbocycles. The molecule has 0 aliphatic rings. The second-order valence-electron chi connectivity index (χ2n) is 3.96. The van der Waals surface area contributed by atoms with Gasteiger partial charge < -0.3 is 10.5 Å². The number of nitrogen functional groups attached to an aromatic ring is 1. The van der Waals surface area contributed by atoms with Gasteiger partial charge in [-0.15, -0.1) is 11.8 Å². The average molecular weight is 288 g/mol. The predicted molar refractivity (Wildman–Crippen MR) is 82.3 cm³/mol. The number of hydrogen-bond donors (Lipinski definition) is 1. The summed E-state index contributed by atoms with van der Waals surface area (Å²) in [5.74, 6) is 0.835. The largest absolute Gasteiger partial charge is 0.430 e. The molecule has 96 valence electrons. The Labute approximate surface area is 119 Å². The number of aromatic nitrogens is 1. The highest BCUT2D eigenvalue weighted by Gasteiger charge is 2.08. The van der Waals surface area contributed by atoms with Gasteiger partial charge in [0, 0.05) is 10.6 Å². The van der Waals surface area contributed by atoms with E-state index in [1.165, 1.54) is 11.3 Å². The maximum atomic E-state index is 5.87. The SMILES string of the molecule is CSc1ccccc1Oc1nc2ccc(N)cc2s1. The number of nitrogens with two attached hydrogens (primary N) is 1. The van der Waals surface area contributed by atoms with Crippen molar-refractivity contribution in [1.82, 2.24) is 4.98 Å². The molecule has 5 heteroatoms. The monoisotopic (exact) mass is 288 g/mol. The first-order valence-corrected chi connectivity index (χ1v) is 7.77. The van der Waals surface area contributed by atoms with Gasteiger partial charge in [-0.3, -0.25) is 0 Å². The van der Waals surface area contributed by atoms with Crippen LogP contribution >= 0.6 is 23.1 Å². The van der Waals surface area contributed by atoms with Gasteiger partial charge in [-0.2, -0.15) is 0 Å². The lowest BCUT2D eigenvalue weighted by atomic mass is 10.3. The van der Waals surface area contributed by atoms with E-state index in [2.05, 4.69) is 4.98 Å². The first-order chi connectivity index (χ1) is 9.26. The molecule has 0 amide bonds. The van der Waals surface area contributed by atoms with E-state index in [0.29, 0.717) is 5.19 Å². The van der Waals surface area contributed by atoms with Gasteiger partial charge in [0.15, 0.2) is 0 Å². The standard InChI is InChI=1S/C14H12N2OS2/c1-18-12-5-3-2-4-11(12)17-14-16-10-7-6-9(15)8-13(10)19-14/h2-8H,15H2,1H3. The summed E-state index contributed by atoms with van der Waals surface area (Å²) in [4.78, 5) is 5.55. The Morgan fingerprint density at radius 2 is 2.05 bits per heavy atom. The van der Waals surface area contributed by atoms with Gasteiger partial charge in [-0.25, -0.2) is 4.98 Å².